The second kappa shape index (κ2) is 3.18. The highest BCUT2D eigenvalue weighted by Gasteiger charge is 2.03. The van der Waals surface area contributed by atoms with Crippen molar-refractivity contribution in [2.45, 2.75) is 0 Å². The molecule has 66 valence electrons. The Morgan fingerprint density at radius 2 is 2.23 bits per heavy atom. The Bertz CT molecular complexity index is 447. The summed E-state index contributed by atoms with van der Waals surface area (Å²) in [6.07, 6.45) is 0. The van der Waals surface area contributed by atoms with Crippen LogP contribution in [-0.2, 0) is 0 Å². The molecule has 0 fully saturated rings. The summed E-state index contributed by atoms with van der Waals surface area (Å²) in [5, 5.41) is 5.76. The summed E-state index contributed by atoms with van der Waals surface area (Å²) >= 11 is 1.68. The fourth-order valence-electron chi connectivity index (χ4n) is 1.25. The standard InChI is InChI=1S/C10H9NOS/c1-11-10(12)8-2-3-9-7(6-8)4-5-13-9/h2-6H,1H3,(H,11,12). The zero-order chi connectivity index (χ0) is 9.26. The fraction of sp³-hybridized carbons (Fsp3) is 0.100. The van der Waals surface area contributed by atoms with Crippen molar-refractivity contribution in [3.8, 4) is 0 Å². The third-order valence-corrected chi connectivity index (χ3v) is 2.84. The molecule has 0 saturated carbocycles. The second-order valence-electron chi connectivity index (χ2n) is 2.75. The van der Waals surface area contributed by atoms with Gasteiger partial charge in [-0.3, -0.25) is 4.79 Å². The van der Waals surface area contributed by atoms with Crippen LogP contribution in [0.4, 0.5) is 0 Å². The molecule has 0 unspecified atom stereocenters. The Morgan fingerprint density at radius 3 is 3.00 bits per heavy atom. The number of rotatable bonds is 1. The van der Waals surface area contributed by atoms with Gasteiger partial charge in [-0.2, -0.15) is 0 Å². The molecule has 1 aromatic carbocycles. The Morgan fingerprint density at radius 1 is 1.38 bits per heavy atom. The number of fused-ring (bicyclic) bond motifs is 1. The molecule has 1 N–H and O–H groups in total. The zero-order valence-electron chi connectivity index (χ0n) is 7.20. The molecular weight excluding hydrogens is 182 g/mol. The maximum Gasteiger partial charge on any atom is 0.251 e. The van der Waals surface area contributed by atoms with E-state index in [4.69, 9.17) is 0 Å². The van der Waals surface area contributed by atoms with Crippen LogP contribution in [0, 0.1) is 0 Å². The van der Waals surface area contributed by atoms with Crippen LogP contribution in [0.25, 0.3) is 10.1 Å². The predicted octanol–water partition coefficient (Wildman–Crippen LogP) is 2.26. The summed E-state index contributed by atoms with van der Waals surface area (Å²) in [6, 6.07) is 7.75. The van der Waals surface area contributed by atoms with Crippen LogP contribution in [0.3, 0.4) is 0 Å². The van der Waals surface area contributed by atoms with Gasteiger partial charge in [0.2, 0.25) is 0 Å². The van der Waals surface area contributed by atoms with E-state index in [0.717, 1.165) is 5.39 Å². The molecule has 0 radical (unpaired) electrons. The van der Waals surface area contributed by atoms with Crippen LogP contribution in [0.5, 0.6) is 0 Å². The molecule has 0 saturated heterocycles. The van der Waals surface area contributed by atoms with Gasteiger partial charge in [-0.05, 0) is 35.0 Å². The number of carbonyl (C=O) groups is 1. The van der Waals surface area contributed by atoms with E-state index in [-0.39, 0.29) is 5.91 Å². The van der Waals surface area contributed by atoms with E-state index in [9.17, 15) is 4.79 Å². The Balaban J connectivity index is 2.54. The predicted molar refractivity (Wildman–Crippen MR) is 55.2 cm³/mol. The van der Waals surface area contributed by atoms with Crippen molar-refractivity contribution in [1.82, 2.24) is 5.32 Å². The first-order valence-electron chi connectivity index (χ1n) is 4.00. The van der Waals surface area contributed by atoms with Crippen molar-refractivity contribution >= 4 is 27.3 Å². The molecule has 1 heterocycles. The van der Waals surface area contributed by atoms with Gasteiger partial charge in [0.15, 0.2) is 0 Å². The molecular formula is C10H9NOS. The summed E-state index contributed by atoms with van der Waals surface area (Å²) in [5.41, 5.74) is 0.716. The van der Waals surface area contributed by atoms with E-state index >= 15 is 0 Å². The van der Waals surface area contributed by atoms with Crippen LogP contribution in [0.1, 0.15) is 10.4 Å². The quantitative estimate of drug-likeness (QED) is 0.736. The molecule has 13 heavy (non-hydrogen) atoms. The maximum atomic E-state index is 11.3. The molecule has 0 aliphatic carbocycles. The molecule has 0 bridgehead atoms. The highest BCUT2D eigenvalue weighted by molar-refractivity contribution is 7.17. The third kappa shape index (κ3) is 1.42. The van der Waals surface area contributed by atoms with Gasteiger partial charge in [0.25, 0.3) is 5.91 Å². The number of hydrogen-bond acceptors (Lipinski definition) is 2. The van der Waals surface area contributed by atoms with E-state index in [1.807, 2.05) is 29.6 Å². The van der Waals surface area contributed by atoms with E-state index in [2.05, 4.69) is 5.32 Å². The van der Waals surface area contributed by atoms with Gasteiger partial charge >= 0.3 is 0 Å². The lowest BCUT2D eigenvalue weighted by Crippen LogP contribution is -2.17. The van der Waals surface area contributed by atoms with Gasteiger partial charge in [0.05, 0.1) is 0 Å². The highest BCUT2D eigenvalue weighted by atomic mass is 32.1. The number of thiophene rings is 1. The van der Waals surface area contributed by atoms with Crippen molar-refractivity contribution < 1.29 is 4.79 Å². The zero-order valence-corrected chi connectivity index (χ0v) is 8.02. The molecule has 0 atom stereocenters. The molecule has 0 aliphatic rings. The minimum Gasteiger partial charge on any atom is -0.355 e. The highest BCUT2D eigenvalue weighted by Crippen LogP contribution is 2.21. The minimum atomic E-state index is -0.0342. The molecule has 2 aromatic rings. The van der Waals surface area contributed by atoms with Crippen LogP contribution < -0.4 is 5.32 Å². The van der Waals surface area contributed by atoms with Crippen molar-refractivity contribution in [2.75, 3.05) is 7.05 Å². The number of carbonyl (C=O) groups excluding carboxylic acids is 1. The van der Waals surface area contributed by atoms with E-state index in [0.29, 0.717) is 5.56 Å². The SMILES string of the molecule is CNC(=O)c1ccc2sccc2c1. The first-order valence-corrected chi connectivity index (χ1v) is 4.88. The number of amides is 1. The molecule has 2 rings (SSSR count). The lowest BCUT2D eigenvalue weighted by atomic mass is 10.1. The number of benzene rings is 1. The van der Waals surface area contributed by atoms with Gasteiger partial charge in [-0.1, -0.05) is 0 Å². The maximum absolute atomic E-state index is 11.3. The van der Waals surface area contributed by atoms with Gasteiger partial charge in [0, 0.05) is 17.3 Å². The Labute approximate surface area is 80.2 Å². The van der Waals surface area contributed by atoms with E-state index in [1.165, 1.54) is 4.70 Å². The van der Waals surface area contributed by atoms with Crippen LogP contribution >= 0.6 is 11.3 Å². The topological polar surface area (TPSA) is 29.1 Å². The van der Waals surface area contributed by atoms with Gasteiger partial charge in [0.1, 0.15) is 0 Å². The normalized spacial score (nSPS) is 10.2. The number of nitrogens with one attached hydrogen (secondary N) is 1. The van der Waals surface area contributed by atoms with Crippen molar-refractivity contribution in [3.63, 3.8) is 0 Å². The van der Waals surface area contributed by atoms with Crippen molar-refractivity contribution in [3.05, 3.63) is 35.2 Å². The second-order valence-corrected chi connectivity index (χ2v) is 3.70. The Hall–Kier alpha value is -1.35. The van der Waals surface area contributed by atoms with Crippen molar-refractivity contribution in [1.29, 1.82) is 0 Å². The molecule has 2 nitrogen and oxygen atoms in total. The van der Waals surface area contributed by atoms with Gasteiger partial charge in [-0.25, -0.2) is 0 Å². The average molecular weight is 191 g/mol. The largest absolute Gasteiger partial charge is 0.355 e. The molecule has 1 amide bonds. The summed E-state index contributed by atoms with van der Waals surface area (Å²) in [6.45, 7) is 0. The lowest BCUT2D eigenvalue weighted by Gasteiger charge is -1.98. The van der Waals surface area contributed by atoms with Crippen LogP contribution in [0.15, 0.2) is 29.6 Å². The summed E-state index contributed by atoms with van der Waals surface area (Å²) in [5.74, 6) is -0.0342. The molecule has 0 spiro atoms. The summed E-state index contributed by atoms with van der Waals surface area (Å²) < 4.78 is 1.22. The van der Waals surface area contributed by atoms with Crippen LogP contribution in [-0.4, -0.2) is 13.0 Å². The van der Waals surface area contributed by atoms with E-state index < -0.39 is 0 Å². The summed E-state index contributed by atoms with van der Waals surface area (Å²) in [7, 11) is 1.64. The van der Waals surface area contributed by atoms with Crippen LogP contribution in [0.2, 0.25) is 0 Å². The smallest absolute Gasteiger partial charge is 0.251 e. The third-order valence-electron chi connectivity index (χ3n) is 1.94. The van der Waals surface area contributed by atoms with E-state index in [1.54, 1.807) is 18.4 Å². The fourth-order valence-corrected chi connectivity index (χ4v) is 2.02. The van der Waals surface area contributed by atoms with Crippen molar-refractivity contribution in [2.24, 2.45) is 0 Å². The number of hydrogen-bond donors (Lipinski definition) is 1. The first kappa shape index (κ1) is 8.26. The Kier molecular flexibility index (Phi) is 2.02. The monoisotopic (exact) mass is 191 g/mol. The minimum absolute atomic E-state index is 0.0342. The lowest BCUT2D eigenvalue weighted by molar-refractivity contribution is 0.0963. The average Bonchev–Trinajstić information content (AvgIpc) is 2.63. The summed E-state index contributed by atoms with van der Waals surface area (Å²) in [4.78, 5) is 11.3. The molecule has 1 aromatic heterocycles. The first-order chi connectivity index (χ1) is 6.31. The van der Waals surface area contributed by atoms with Gasteiger partial charge in [-0.15, -0.1) is 11.3 Å². The van der Waals surface area contributed by atoms with Gasteiger partial charge < -0.3 is 5.32 Å². The molecule has 3 heteroatoms. The molecule has 0 aliphatic heterocycles.